The molecule has 0 bridgehead atoms. The summed E-state index contributed by atoms with van der Waals surface area (Å²) in [6, 6.07) is 6.18. The van der Waals surface area contributed by atoms with Gasteiger partial charge in [-0.3, -0.25) is 4.79 Å². The number of benzene rings is 1. The molecule has 128 valence electrons. The number of methoxy groups -OCH3 is 1. The van der Waals surface area contributed by atoms with Gasteiger partial charge in [0.15, 0.2) is 0 Å². The summed E-state index contributed by atoms with van der Waals surface area (Å²) in [4.78, 5) is 18.4. The van der Waals surface area contributed by atoms with Gasteiger partial charge < -0.3 is 14.1 Å². The van der Waals surface area contributed by atoms with E-state index in [1.54, 1.807) is 23.2 Å². The van der Waals surface area contributed by atoms with Crippen molar-refractivity contribution in [1.29, 1.82) is 0 Å². The van der Waals surface area contributed by atoms with E-state index in [0.29, 0.717) is 24.6 Å². The second kappa shape index (κ2) is 7.57. The fourth-order valence-corrected chi connectivity index (χ4v) is 3.06. The summed E-state index contributed by atoms with van der Waals surface area (Å²) in [5, 5.41) is 0. The van der Waals surface area contributed by atoms with Gasteiger partial charge in [-0.15, -0.1) is 0 Å². The molecule has 6 heteroatoms. The average molecular weight is 332 g/mol. The number of piperidine rings is 1. The maximum atomic E-state index is 13.0. The summed E-state index contributed by atoms with van der Waals surface area (Å²) in [5.41, 5.74) is 0.954. The van der Waals surface area contributed by atoms with Crippen LogP contribution in [0.15, 0.2) is 34.9 Å². The number of carbonyl (C=O) groups excluding carboxylic acids is 1. The van der Waals surface area contributed by atoms with Gasteiger partial charge in [-0.2, -0.15) is 0 Å². The Morgan fingerprint density at radius 2 is 2.17 bits per heavy atom. The van der Waals surface area contributed by atoms with E-state index in [2.05, 4.69) is 4.98 Å². The Bertz CT molecular complexity index is 684. The molecule has 1 aliphatic heterocycles. The molecular weight excluding hydrogens is 311 g/mol. The zero-order valence-electron chi connectivity index (χ0n) is 13.7. The van der Waals surface area contributed by atoms with Gasteiger partial charge in [0.2, 0.25) is 11.8 Å². The van der Waals surface area contributed by atoms with Crippen LogP contribution in [0.5, 0.6) is 0 Å². The molecule has 1 saturated heterocycles. The molecule has 24 heavy (non-hydrogen) atoms. The topological polar surface area (TPSA) is 55.6 Å². The minimum atomic E-state index is -0.258. The highest BCUT2D eigenvalue weighted by molar-refractivity contribution is 5.77. The van der Waals surface area contributed by atoms with Crippen LogP contribution in [0.25, 0.3) is 0 Å². The van der Waals surface area contributed by atoms with E-state index in [1.165, 1.54) is 19.2 Å². The van der Waals surface area contributed by atoms with Crippen LogP contribution in [0, 0.1) is 5.82 Å². The number of hydrogen-bond donors (Lipinski definition) is 0. The highest BCUT2D eigenvalue weighted by atomic mass is 19.1. The van der Waals surface area contributed by atoms with Crippen molar-refractivity contribution < 1.29 is 18.3 Å². The van der Waals surface area contributed by atoms with Gasteiger partial charge in [0.05, 0.1) is 6.20 Å². The molecule has 0 N–H and O–H groups in total. The standard InChI is InChI=1S/C18H21FN2O3/c1-23-12-17(22)21-9-3-2-4-16(21)18-20-11-15(24-18)10-13-5-7-14(19)8-6-13/h5-8,11,16H,2-4,9-10,12H2,1H3/t16-/m1/s1. The number of halogens is 1. The van der Waals surface area contributed by atoms with Gasteiger partial charge in [0.1, 0.15) is 24.2 Å². The van der Waals surface area contributed by atoms with Crippen molar-refractivity contribution in [3.05, 3.63) is 53.5 Å². The third kappa shape index (κ3) is 3.82. The predicted molar refractivity (Wildman–Crippen MR) is 85.9 cm³/mol. The molecular formula is C18H21FN2O3. The van der Waals surface area contributed by atoms with Crippen molar-refractivity contribution in [2.24, 2.45) is 0 Å². The number of oxazole rings is 1. The van der Waals surface area contributed by atoms with E-state index in [9.17, 15) is 9.18 Å². The Kier molecular flexibility index (Phi) is 5.25. The molecule has 1 fully saturated rings. The molecule has 2 heterocycles. The normalized spacial score (nSPS) is 17.9. The third-order valence-corrected chi connectivity index (χ3v) is 4.24. The summed E-state index contributed by atoms with van der Waals surface area (Å²) >= 11 is 0. The molecule has 1 atom stereocenters. The molecule has 0 unspecified atom stereocenters. The Balaban J connectivity index is 1.73. The lowest BCUT2D eigenvalue weighted by molar-refractivity contribution is -0.139. The minimum Gasteiger partial charge on any atom is -0.443 e. The zero-order valence-corrected chi connectivity index (χ0v) is 13.7. The van der Waals surface area contributed by atoms with E-state index in [4.69, 9.17) is 9.15 Å². The van der Waals surface area contributed by atoms with Crippen LogP contribution in [0.1, 0.15) is 42.5 Å². The van der Waals surface area contributed by atoms with Crippen LogP contribution in [0.4, 0.5) is 4.39 Å². The van der Waals surface area contributed by atoms with E-state index in [0.717, 1.165) is 24.8 Å². The van der Waals surface area contributed by atoms with Crippen molar-refractivity contribution in [1.82, 2.24) is 9.88 Å². The Morgan fingerprint density at radius 1 is 1.38 bits per heavy atom. The first-order valence-corrected chi connectivity index (χ1v) is 8.15. The molecule has 2 aromatic rings. The highest BCUT2D eigenvalue weighted by Gasteiger charge is 2.31. The monoisotopic (exact) mass is 332 g/mol. The molecule has 0 radical (unpaired) electrons. The smallest absolute Gasteiger partial charge is 0.249 e. The first kappa shape index (κ1) is 16.6. The van der Waals surface area contributed by atoms with Gasteiger partial charge in [0.25, 0.3) is 0 Å². The predicted octanol–water partition coefficient (Wildman–Crippen LogP) is 3.10. The molecule has 5 nitrogen and oxygen atoms in total. The van der Waals surface area contributed by atoms with Crippen molar-refractivity contribution in [3.63, 3.8) is 0 Å². The molecule has 3 rings (SSSR count). The van der Waals surface area contributed by atoms with Crippen molar-refractivity contribution >= 4 is 5.91 Å². The highest BCUT2D eigenvalue weighted by Crippen LogP contribution is 2.31. The zero-order chi connectivity index (χ0) is 16.9. The van der Waals surface area contributed by atoms with Gasteiger partial charge in [-0.05, 0) is 37.0 Å². The minimum absolute atomic E-state index is 0.0412. The average Bonchev–Trinajstić information content (AvgIpc) is 3.05. The quantitative estimate of drug-likeness (QED) is 0.844. The lowest BCUT2D eigenvalue weighted by Crippen LogP contribution is -2.40. The first-order valence-electron chi connectivity index (χ1n) is 8.15. The fourth-order valence-electron chi connectivity index (χ4n) is 3.06. The molecule has 1 aromatic heterocycles. The number of nitrogens with zero attached hydrogens (tertiary/aromatic N) is 2. The van der Waals surface area contributed by atoms with E-state index in [-0.39, 0.29) is 24.4 Å². The molecule has 1 amide bonds. The van der Waals surface area contributed by atoms with Crippen LogP contribution >= 0.6 is 0 Å². The Hall–Kier alpha value is -2.21. The SMILES string of the molecule is COCC(=O)N1CCCC[C@@H]1c1ncc(Cc2ccc(F)cc2)o1. The molecule has 0 spiro atoms. The van der Waals surface area contributed by atoms with Gasteiger partial charge in [-0.1, -0.05) is 12.1 Å². The van der Waals surface area contributed by atoms with Crippen LogP contribution in [0.2, 0.25) is 0 Å². The van der Waals surface area contributed by atoms with E-state index < -0.39 is 0 Å². The van der Waals surface area contributed by atoms with Crippen LogP contribution in [-0.4, -0.2) is 36.1 Å². The van der Waals surface area contributed by atoms with E-state index in [1.807, 2.05) is 0 Å². The third-order valence-electron chi connectivity index (χ3n) is 4.24. The van der Waals surface area contributed by atoms with Crippen molar-refractivity contribution in [2.75, 3.05) is 20.3 Å². The summed E-state index contributed by atoms with van der Waals surface area (Å²) in [6.45, 7) is 0.766. The molecule has 0 saturated carbocycles. The number of likely N-dealkylation sites (tertiary alicyclic amines) is 1. The Labute approximate surface area is 140 Å². The van der Waals surface area contributed by atoms with Gasteiger partial charge in [0, 0.05) is 20.1 Å². The first-order chi connectivity index (χ1) is 11.7. The summed E-state index contributed by atoms with van der Waals surface area (Å²) in [7, 11) is 1.52. The molecule has 1 aliphatic rings. The summed E-state index contributed by atoms with van der Waals surface area (Å²) in [6.07, 6.45) is 5.09. The lowest BCUT2D eigenvalue weighted by atomic mass is 10.0. The number of hydrogen-bond acceptors (Lipinski definition) is 4. The summed E-state index contributed by atoms with van der Waals surface area (Å²) in [5.74, 6) is 0.976. The number of amides is 1. The second-order valence-corrected chi connectivity index (χ2v) is 6.00. The van der Waals surface area contributed by atoms with Gasteiger partial charge >= 0.3 is 0 Å². The van der Waals surface area contributed by atoms with E-state index >= 15 is 0 Å². The van der Waals surface area contributed by atoms with Crippen molar-refractivity contribution in [2.45, 2.75) is 31.7 Å². The number of ether oxygens (including phenoxy) is 1. The largest absolute Gasteiger partial charge is 0.443 e. The number of rotatable bonds is 5. The summed E-state index contributed by atoms with van der Waals surface area (Å²) < 4.78 is 23.8. The lowest BCUT2D eigenvalue weighted by Gasteiger charge is -2.33. The fraction of sp³-hybridized carbons (Fsp3) is 0.444. The molecule has 1 aromatic carbocycles. The maximum absolute atomic E-state index is 13.0. The van der Waals surface area contributed by atoms with Crippen LogP contribution in [0.3, 0.4) is 0 Å². The maximum Gasteiger partial charge on any atom is 0.249 e. The second-order valence-electron chi connectivity index (χ2n) is 6.00. The van der Waals surface area contributed by atoms with Crippen molar-refractivity contribution in [3.8, 4) is 0 Å². The number of carbonyl (C=O) groups is 1. The van der Waals surface area contributed by atoms with Crippen LogP contribution in [-0.2, 0) is 16.0 Å². The molecule has 0 aliphatic carbocycles. The van der Waals surface area contributed by atoms with Crippen LogP contribution < -0.4 is 0 Å². The number of aromatic nitrogens is 1. The Morgan fingerprint density at radius 3 is 2.92 bits per heavy atom. The van der Waals surface area contributed by atoms with Gasteiger partial charge in [-0.25, -0.2) is 9.37 Å².